The van der Waals surface area contributed by atoms with Gasteiger partial charge in [-0.1, -0.05) is 13.8 Å². The van der Waals surface area contributed by atoms with Gasteiger partial charge in [0.25, 0.3) is 10.0 Å². The molecule has 2 N–H and O–H groups in total. The number of carbonyl (C=O) groups is 2. The van der Waals surface area contributed by atoms with E-state index >= 15 is 0 Å². The molecule has 0 saturated carbocycles. The second-order valence-corrected chi connectivity index (χ2v) is 8.80. The third-order valence-corrected chi connectivity index (χ3v) is 6.24. The molecule has 0 aromatic carbocycles. The van der Waals surface area contributed by atoms with Gasteiger partial charge in [0, 0.05) is 25.6 Å². The Hall–Kier alpha value is -1.87. The average molecular weight is 386 g/mol. The lowest BCUT2D eigenvalue weighted by Crippen LogP contribution is -2.43. The van der Waals surface area contributed by atoms with Crippen LogP contribution in [0, 0.1) is 11.8 Å². The summed E-state index contributed by atoms with van der Waals surface area (Å²) >= 11 is 0. The molecule has 1 amide bonds. The zero-order chi connectivity index (χ0) is 19.3. The number of hydrogen-bond acceptors (Lipinski definition) is 5. The number of carboxylic acid groups (broad SMARTS) is 1. The number of nitrogens with zero attached hydrogens (tertiary/aromatic N) is 1. The van der Waals surface area contributed by atoms with E-state index in [-0.39, 0.29) is 30.0 Å². The monoisotopic (exact) mass is 386 g/mol. The fourth-order valence-electron chi connectivity index (χ4n) is 2.93. The predicted molar refractivity (Wildman–Crippen MR) is 94.2 cm³/mol. The largest absolute Gasteiger partial charge is 0.475 e. The van der Waals surface area contributed by atoms with Crippen LogP contribution in [0.2, 0.25) is 0 Å². The summed E-state index contributed by atoms with van der Waals surface area (Å²) in [6.07, 6.45) is 2.85. The lowest BCUT2D eigenvalue weighted by molar-refractivity contribution is -0.126. The van der Waals surface area contributed by atoms with Crippen molar-refractivity contribution in [2.24, 2.45) is 11.8 Å². The van der Waals surface area contributed by atoms with Crippen molar-refractivity contribution < 1.29 is 27.5 Å². The van der Waals surface area contributed by atoms with Crippen LogP contribution in [0.3, 0.4) is 0 Å². The first-order valence-corrected chi connectivity index (χ1v) is 10.3. The molecule has 146 valence electrons. The van der Waals surface area contributed by atoms with E-state index in [9.17, 15) is 18.0 Å². The molecule has 1 aromatic heterocycles. The van der Waals surface area contributed by atoms with Crippen molar-refractivity contribution in [3.05, 3.63) is 17.9 Å². The fourth-order valence-corrected chi connectivity index (χ4v) is 4.31. The number of carboxylic acids is 1. The van der Waals surface area contributed by atoms with Gasteiger partial charge in [0.1, 0.15) is 0 Å². The Morgan fingerprint density at radius 2 is 1.96 bits per heavy atom. The van der Waals surface area contributed by atoms with Crippen LogP contribution in [0.5, 0.6) is 0 Å². The van der Waals surface area contributed by atoms with E-state index in [0.717, 1.165) is 25.0 Å². The number of piperidine rings is 1. The summed E-state index contributed by atoms with van der Waals surface area (Å²) in [6, 6.07) is 2.26. The van der Waals surface area contributed by atoms with E-state index < -0.39 is 21.8 Å². The van der Waals surface area contributed by atoms with Crippen molar-refractivity contribution >= 4 is 21.9 Å². The maximum Gasteiger partial charge on any atom is 0.371 e. The van der Waals surface area contributed by atoms with E-state index in [2.05, 4.69) is 19.2 Å². The molecule has 1 aliphatic heterocycles. The molecule has 1 aliphatic rings. The molecule has 2 heterocycles. The van der Waals surface area contributed by atoms with Gasteiger partial charge >= 0.3 is 5.97 Å². The zero-order valence-electron chi connectivity index (χ0n) is 15.1. The minimum Gasteiger partial charge on any atom is -0.475 e. The quantitative estimate of drug-likeness (QED) is 0.659. The minimum atomic E-state index is -3.88. The number of furan rings is 1. The molecule has 0 atom stereocenters. The Kier molecular flexibility index (Phi) is 6.82. The summed E-state index contributed by atoms with van der Waals surface area (Å²) in [7, 11) is -3.88. The SMILES string of the molecule is CC(C)CCCNC(=O)C1CCN(S(=O)(=O)c2ccc(C(=O)O)o2)CC1. The predicted octanol–water partition coefficient (Wildman–Crippen LogP) is 1.93. The van der Waals surface area contributed by atoms with Gasteiger partial charge in [-0.05, 0) is 43.7 Å². The number of hydrogen-bond donors (Lipinski definition) is 2. The average Bonchev–Trinajstić information content (AvgIpc) is 3.09. The van der Waals surface area contributed by atoms with Crippen LogP contribution in [0.4, 0.5) is 0 Å². The Balaban J connectivity index is 1.86. The summed E-state index contributed by atoms with van der Waals surface area (Å²) < 4.78 is 31.2. The summed E-state index contributed by atoms with van der Waals surface area (Å²) in [5.74, 6) is -1.37. The maximum absolute atomic E-state index is 12.5. The van der Waals surface area contributed by atoms with E-state index in [1.54, 1.807) is 0 Å². The molecule has 0 aliphatic carbocycles. The molecule has 26 heavy (non-hydrogen) atoms. The first kappa shape index (κ1) is 20.4. The van der Waals surface area contributed by atoms with E-state index in [4.69, 9.17) is 9.52 Å². The Bertz CT molecular complexity index is 732. The Morgan fingerprint density at radius 1 is 1.31 bits per heavy atom. The number of nitrogens with one attached hydrogen (secondary N) is 1. The third-order valence-electron chi connectivity index (χ3n) is 4.47. The first-order valence-electron chi connectivity index (χ1n) is 8.82. The van der Waals surface area contributed by atoms with Crippen LogP contribution in [0.25, 0.3) is 0 Å². The standard InChI is InChI=1S/C17H26N2O6S/c1-12(2)4-3-9-18-16(20)13-7-10-19(11-8-13)26(23,24)15-6-5-14(25-15)17(21)22/h5-6,12-13H,3-4,7-11H2,1-2H3,(H,18,20)(H,21,22). The molecule has 8 nitrogen and oxygen atoms in total. The van der Waals surface area contributed by atoms with Crippen LogP contribution in [-0.2, 0) is 14.8 Å². The van der Waals surface area contributed by atoms with Gasteiger partial charge in [-0.3, -0.25) is 4.79 Å². The highest BCUT2D eigenvalue weighted by molar-refractivity contribution is 7.89. The van der Waals surface area contributed by atoms with Gasteiger partial charge in [0.15, 0.2) is 0 Å². The lowest BCUT2D eigenvalue weighted by atomic mass is 9.97. The molecular weight excluding hydrogens is 360 g/mol. The van der Waals surface area contributed by atoms with Gasteiger partial charge < -0.3 is 14.8 Å². The number of carbonyl (C=O) groups excluding carboxylic acids is 1. The second-order valence-electron chi connectivity index (χ2n) is 6.93. The van der Waals surface area contributed by atoms with Gasteiger partial charge in [0.2, 0.25) is 16.8 Å². The molecular formula is C17H26N2O6S. The van der Waals surface area contributed by atoms with Gasteiger partial charge in [-0.25, -0.2) is 13.2 Å². The third kappa shape index (κ3) is 5.07. The number of rotatable bonds is 8. The molecule has 1 aromatic rings. The number of amides is 1. The van der Waals surface area contributed by atoms with Crippen LogP contribution >= 0.6 is 0 Å². The summed E-state index contributed by atoms with van der Waals surface area (Å²) in [4.78, 5) is 23.0. The molecule has 0 bridgehead atoms. The Labute approximate surface area is 153 Å². The number of aromatic carboxylic acids is 1. The molecule has 9 heteroatoms. The van der Waals surface area contributed by atoms with Gasteiger partial charge in [0.05, 0.1) is 0 Å². The molecule has 1 fully saturated rings. The molecule has 0 spiro atoms. The van der Waals surface area contributed by atoms with Crippen LogP contribution in [0.15, 0.2) is 21.6 Å². The smallest absolute Gasteiger partial charge is 0.371 e. The van der Waals surface area contributed by atoms with Crippen molar-refractivity contribution in [1.82, 2.24) is 9.62 Å². The van der Waals surface area contributed by atoms with Crippen molar-refractivity contribution in [1.29, 1.82) is 0 Å². The van der Waals surface area contributed by atoms with Crippen molar-refractivity contribution in [2.45, 2.75) is 44.6 Å². The van der Waals surface area contributed by atoms with E-state index in [1.165, 1.54) is 4.31 Å². The van der Waals surface area contributed by atoms with Gasteiger partial charge in [-0.2, -0.15) is 4.31 Å². The zero-order valence-corrected chi connectivity index (χ0v) is 15.9. The molecule has 2 rings (SSSR count). The summed E-state index contributed by atoms with van der Waals surface area (Å²) in [6.45, 7) is 5.32. The van der Waals surface area contributed by atoms with Gasteiger partial charge in [-0.15, -0.1) is 0 Å². The summed E-state index contributed by atoms with van der Waals surface area (Å²) in [5.41, 5.74) is 0. The second kappa shape index (κ2) is 8.68. The normalized spacial score (nSPS) is 16.7. The van der Waals surface area contributed by atoms with Crippen LogP contribution in [-0.4, -0.2) is 49.3 Å². The van der Waals surface area contributed by atoms with Crippen LogP contribution in [0.1, 0.15) is 50.1 Å². The Morgan fingerprint density at radius 3 is 2.50 bits per heavy atom. The van der Waals surface area contributed by atoms with Crippen molar-refractivity contribution in [3.63, 3.8) is 0 Å². The molecule has 0 radical (unpaired) electrons. The highest BCUT2D eigenvalue weighted by Crippen LogP contribution is 2.25. The van der Waals surface area contributed by atoms with Crippen LogP contribution < -0.4 is 5.32 Å². The molecule has 1 saturated heterocycles. The lowest BCUT2D eigenvalue weighted by Gasteiger charge is -2.29. The van der Waals surface area contributed by atoms with Crippen molar-refractivity contribution in [3.8, 4) is 0 Å². The first-order chi connectivity index (χ1) is 12.2. The minimum absolute atomic E-state index is 0.0306. The molecule has 0 unspecified atom stereocenters. The highest BCUT2D eigenvalue weighted by atomic mass is 32.2. The number of sulfonamides is 1. The highest BCUT2D eigenvalue weighted by Gasteiger charge is 2.34. The maximum atomic E-state index is 12.5. The van der Waals surface area contributed by atoms with E-state index in [1.807, 2.05) is 0 Å². The summed E-state index contributed by atoms with van der Waals surface area (Å²) in [5, 5.41) is 11.4. The fraction of sp³-hybridized carbons (Fsp3) is 0.647. The topological polar surface area (TPSA) is 117 Å². The van der Waals surface area contributed by atoms with E-state index in [0.29, 0.717) is 25.3 Å². The van der Waals surface area contributed by atoms with Crippen molar-refractivity contribution in [2.75, 3.05) is 19.6 Å².